The van der Waals surface area contributed by atoms with Gasteiger partial charge in [0.2, 0.25) is 0 Å². The Bertz CT molecular complexity index is 1750. The topological polar surface area (TPSA) is 167 Å². The van der Waals surface area contributed by atoms with Crippen LogP contribution in [0.15, 0.2) is 42.6 Å². The molecule has 7 rings (SSSR count). The molecule has 11 heteroatoms. The highest BCUT2D eigenvalue weighted by molar-refractivity contribution is 6.36. The molecule has 0 bridgehead atoms. The molecule has 2 aromatic carbocycles. The number of aromatic nitrogens is 3. The number of nitrogens with zero attached hydrogens (tertiary/aromatic N) is 2. The van der Waals surface area contributed by atoms with E-state index in [-0.39, 0.29) is 11.1 Å². The van der Waals surface area contributed by atoms with Crippen LogP contribution in [0.25, 0.3) is 43.7 Å². The predicted octanol–water partition coefficient (Wildman–Crippen LogP) is 1.11. The number of benzene rings is 2. The average molecular weight is 489 g/mol. The van der Waals surface area contributed by atoms with Gasteiger partial charge < -0.3 is 34.9 Å². The van der Waals surface area contributed by atoms with E-state index < -0.39 is 49.2 Å². The summed E-state index contributed by atoms with van der Waals surface area (Å²) in [6.07, 6.45) is -5.72. The number of esters is 2. The van der Waals surface area contributed by atoms with Gasteiger partial charge in [-0.1, -0.05) is 18.2 Å². The van der Waals surface area contributed by atoms with E-state index in [4.69, 9.17) is 9.47 Å². The van der Waals surface area contributed by atoms with Crippen molar-refractivity contribution in [3.8, 4) is 0 Å². The van der Waals surface area contributed by atoms with Gasteiger partial charge in [0.1, 0.15) is 30.1 Å². The molecule has 0 amide bonds. The quantitative estimate of drug-likeness (QED) is 0.180. The number of cyclic esters (lactones) is 2. The van der Waals surface area contributed by atoms with Gasteiger partial charge in [0, 0.05) is 33.3 Å². The zero-order valence-corrected chi connectivity index (χ0v) is 18.5. The number of H-pyrrole nitrogens is 1. The first-order valence-corrected chi connectivity index (χ1v) is 11.3. The van der Waals surface area contributed by atoms with Crippen molar-refractivity contribution in [2.75, 3.05) is 6.61 Å². The van der Waals surface area contributed by atoms with Crippen LogP contribution in [0.4, 0.5) is 0 Å². The van der Waals surface area contributed by atoms with Crippen LogP contribution in [0.1, 0.15) is 26.9 Å². The Morgan fingerprint density at radius 3 is 2.42 bits per heavy atom. The van der Waals surface area contributed by atoms with Gasteiger partial charge in [-0.15, -0.1) is 0 Å². The lowest BCUT2D eigenvalue weighted by atomic mass is 9.96. The zero-order valence-electron chi connectivity index (χ0n) is 18.5. The highest BCUT2D eigenvalue weighted by Crippen LogP contribution is 2.46. The molecule has 1 saturated heterocycles. The lowest BCUT2D eigenvalue weighted by molar-refractivity contribution is -0.249. The van der Waals surface area contributed by atoms with E-state index in [0.717, 1.165) is 0 Å². The summed E-state index contributed by atoms with van der Waals surface area (Å²) in [6.45, 7) is -0.607. The molecule has 5 aromatic rings. The predicted molar refractivity (Wildman–Crippen MR) is 125 cm³/mol. The van der Waals surface area contributed by atoms with Gasteiger partial charge in [-0.05, 0) is 18.2 Å². The Kier molecular flexibility index (Phi) is 4.36. The number of fused-ring (bicyclic) bond motifs is 10. The normalized spacial score (nSPS) is 26.4. The third-order valence-electron chi connectivity index (χ3n) is 7.17. The number of hydrogen-bond acceptors (Lipinski definition) is 9. The standard InChI is InChI=1S/C25H19N3O8/c29-8-12-19(30)20(31)21(32)23(35-12)28-18-14(10-5-3-7-26-22(10)28)16-15(24(33)36-25(16)34)13-9-4-1-2-6-11(9)27-17(13)18/h1-7,12,19-21,23,27,29-32H,8H2/t12-,19-,20+,21-,23-/m1/s1. The second kappa shape index (κ2) is 7.32. The molecule has 5 atom stereocenters. The maximum absolute atomic E-state index is 13.0. The number of carbonyl (C=O) groups excluding carboxylic acids is 2. The van der Waals surface area contributed by atoms with E-state index in [1.165, 1.54) is 10.8 Å². The molecule has 182 valence electrons. The number of nitrogens with one attached hydrogen (secondary N) is 1. The number of aliphatic hydroxyl groups is 4. The Labute approximate surface area is 201 Å². The van der Waals surface area contributed by atoms with Crippen molar-refractivity contribution in [1.82, 2.24) is 14.5 Å². The molecule has 0 saturated carbocycles. The van der Waals surface area contributed by atoms with Crippen molar-refractivity contribution in [1.29, 1.82) is 0 Å². The fourth-order valence-corrected chi connectivity index (χ4v) is 5.60. The first kappa shape index (κ1) is 21.4. The maximum Gasteiger partial charge on any atom is 0.347 e. The first-order chi connectivity index (χ1) is 17.4. The van der Waals surface area contributed by atoms with Gasteiger partial charge in [0.15, 0.2) is 6.23 Å². The SMILES string of the molecule is O=C1OC(=O)c2c1c1c3ccccc3[nH]c1c1c2c2cccnc2n1[C@@H]1O[C@H](CO)[C@@H](O)[C@H](O)[C@H]1O. The van der Waals surface area contributed by atoms with E-state index in [0.29, 0.717) is 43.7 Å². The number of aliphatic hydroxyl groups excluding tert-OH is 4. The molecule has 0 unspecified atom stereocenters. The van der Waals surface area contributed by atoms with Crippen LogP contribution in [0.5, 0.6) is 0 Å². The molecule has 0 radical (unpaired) electrons. The third-order valence-corrected chi connectivity index (χ3v) is 7.17. The Morgan fingerprint density at radius 1 is 0.917 bits per heavy atom. The van der Waals surface area contributed by atoms with Crippen LogP contribution >= 0.6 is 0 Å². The van der Waals surface area contributed by atoms with Crippen molar-refractivity contribution < 1.29 is 39.5 Å². The molecule has 2 aliphatic rings. The minimum atomic E-state index is -1.63. The van der Waals surface area contributed by atoms with E-state index in [9.17, 15) is 30.0 Å². The Hall–Kier alpha value is -3.87. The summed E-state index contributed by atoms with van der Waals surface area (Å²) in [5.74, 6) is -1.56. The van der Waals surface area contributed by atoms with E-state index in [2.05, 4.69) is 9.97 Å². The molecule has 3 aromatic heterocycles. The van der Waals surface area contributed by atoms with Gasteiger partial charge in [-0.3, -0.25) is 4.57 Å². The minimum Gasteiger partial charge on any atom is -0.394 e. The largest absolute Gasteiger partial charge is 0.394 e. The van der Waals surface area contributed by atoms with E-state index >= 15 is 0 Å². The lowest BCUT2D eigenvalue weighted by Crippen LogP contribution is -2.56. The number of ether oxygens (including phenoxy) is 2. The van der Waals surface area contributed by atoms with Crippen molar-refractivity contribution in [3.63, 3.8) is 0 Å². The molecular formula is C25H19N3O8. The average Bonchev–Trinajstić information content (AvgIpc) is 3.52. The number of aromatic amines is 1. The molecule has 5 N–H and O–H groups in total. The molecule has 36 heavy (non-hydrogen) atoms. The number of rotatable bonds is 2. The summed E-state index contributed by atoms with van der Waals surface area (Å²) >= 11 is 0. The summed E-state index contributed by atoms with van der Waals surface area (Å²) in [4.78, 5) is 33.7. The molecular weight excluding hydrogens is 470 g/mol. The van der Waals surface area contributed by atoms with Gasteiger partial charge in [0.25, 0.3) is 0 Å². The molecule has 0 aliphatic carbocycles. The monoisotopic (exact) mass is 489 g/mol. The summed E-state index contributed by atoms with van der Waals surface area (Å²) in [5.41, 5.74) is 2.09. The molecule has 0 spiro atoms. The van der Waals surface area contributed by atoms with Gasteiger partial charge in [-0.25, -0.2) is 14.6 Å². The first-order valence-electron chi connectivity index (χ1n) is 11.3. The van der Waals surface area contributed by atoms with Crippen LogP contribution in [0.3, 0.4) is 0 Å². The summed E-state index contributed by atoms with van der Waals surface area (Å²) in [6, 6.07) is 10.7. The zero-order chi connectivity index (χ0) is 24.9. The van der Waals surface area contributed by atoms with Crippen LogP contribution in [-0.4, -0.2) is 77.9 Å². The highest BCUT2D eigenvalue weighted by atomic mass is 16.6. The molecule has 1 fully saturated rings. The summed E-state index contributed by atoms with van der Waals surface area (Å²) < 4.78 is 12.5. The molecule has 2 aliphatic heterocycles. The van der Waals surface area contributed by atoms with Crippen LogP contribution in [0.2, 0.25) is 0 Å². The Balaban J connectivity index is 1.70. The van der Waals surface area contributed by atoms with Crippen LogP contribution in [-0.2, 0) is 9.47 Å². The second-order valence-corrected chi connectivity index (χ2v) is 9.04. The molecule has 11 nitrogen and oxygen atoms in total. The Morgan fingerprint density at radius 2 is 1.64 bits per heavy atom. The van der Waals surface area contributed by atoms with E-state index in [1.807, 2.05) is 24.3 Å². The van der Waals surface area contributed by atoms with E-state index in [1.54, 1.807) is 12.1 Å². The number of hydrogen-bond donors (Lipinski definition) is 5. The van der Waals surface area contributed by atoms with Crippen molar-refractivity contribution in [3.05, 3.63) is 53.7 Å². The highest BCUT2D eigenvalue weighted by Gasteiger charge is 2.46. The summed E-state index contributed by atoms with van der Waals surface area (Å²) in [7, 11) is 0. The van der Waals surface area contributed by atoms with Crippen LogP contribution < -0.4 is 0 Å². The smallest absolute Gasteiger partial charge is 0.347 e. The van der Waals surface area contributed by atoms with Crippen molar-refractivity contribution >= 4 is 55.7 Å². The fourth-order valence-electron chi connectivity index (χ4n) is 5.60. The second-order valence-electron chi connectivity index (χ2n) is 9.04. The minimum absolute atomic E-state index is 0.0774. The lowest BCUT2D eigenvalue weighted by Gasteiger charge is -2.40. The summed E-state index contributed by atoms with van der Waals surface area (Å²) in [5, 5.41) is 43.6. The third kappa shape index (κ3) is 2.55. The fraction of sp³-hybridized carbons (Fsp3) is 0.240. The van der Waals surface area contributed by atoms with Crippen molar-refractivity contribution in [2.45, 2.75) is 30.6 Å². The molecule has 5 heterocycles. The van der Waals surface area contributed by atoms with Crippen LogP contribution in [0, 0.1) is 0 Å². The van der Waals surface area contributed by atoms with Gasteiger partial charge in [0.05, 0.1) is 28.8 Å². The number of pyridine rings is 1. The number of para-hydroxylation sites is 1. The van der Waals surface area contributed by atoms with Crippen molar-refractivity contribution in [2.24, 2.45) is 0 Å². The maximum atomic E-state index is 13.0. The van der Waals surface area contributed by atoms with Gasteiger partial charge >= 0.3 is 11.9 Å². The van der Waals surface area contributed by atoms with Gasteiger partial charge in [-0.2, -0.15) is 0 Å². The number of carbonyl (C=O) groups is 2.